The average molecular weight is 305 g/mol. The number of hydrogen-bond acceptors (Lipinski definition) is 4. The van der Waals surface area contributed by atoms with Crippen LogP contribution in [0.25, 0.3) is 0 Å². The maximum Gasteiger partial charge on any atom is 0.309 e. The molecule has 1 heterocycles. The van der Waals surface area contributed by atoms with Crippen molar-refractivity contribution in [2.24, 2.45) is 11.8 Å². The normalized spacial score (nSPS) is 20.8. The van der Waals surface area contributed by atoms with Crippen LogP contribution in [0, 0.1) is 11.8 Å². The Labute approximate surface area is 131 Å². The van der Waals surface area contributed by atoms with Gasteiger partial charge in [-0.3, -0.25) is 9.59 Å². The van der Waals surface area contributed by atoms with Crippen LogP contribution in [-0.4, -0.2) is 25.1 Å². The van der Waals surface area contributed by atoms with E-state index in [0.29, 0.717) is 18.9 Å². The van der Waals surface area contributed by atoms with Crippen LogP contribution < -0.4 is 10.1 Å². The summed E-state index contributed by atoms with van der Waals surface area (Å²) < 4.78 is 10.3. The van der Waals surface area contributed by atoms with Crippen LogP contribution in [0.2, 0.25) is 0 Å². The Hall–Kier alpha value is -2.04. The summed E-state index contributed by atoms with van der Waals surface area (Å²) >= 11 is 0. The first-order chi connectivity index (χ1) is 10.5. The van der Waals surface area contributed by atoms with Crippen LogP contribution in [0.15, 0.2) is 24.3 Å². The molecule has 22 heavy (non-hydrogen) atoms. The first kappa shape index (κ1) is 16.3. The minimum atomic E-state index is -0.658. The second kappa shape index (κ2) is 7.29. The van der Waals surface area contributed by atoms with Gasteiger partial charge in [-0.2, -0.15) is 0 Å². The number of cyclic esters (lactones) is 1. The Bertz CT molecular complexity index is 524. The van der Waals surface area contributed by atoms with Crippen LogP contribution in [0.1, 0.15) is 32.3 Å². The first-order valence-corrected chi connectivity index (χ1v) is 7.60. The van der Waals surface area contributed by atoms with E-state index in [2.05, 4.69) is 19.2 Å². The van der Waals surface area contributed by atoms with Crippen molar-refractivity contribution >= 4 is 11.9 Å². The Morgan fingerprint density at radius 3 is 2.64 bits per heavy atom. The minimum absolute atomic E-state index is 0.156. The number of carbonyl (C=O) groups is 2. The number of hydrogen-bond donors (Lipinski definition) is 1. The number of rotatable bonds is 6. The molecule has 1 N–H and O–H groups in total. The fourth-order valence-electron chi connectivity index (χ4n) is 2.61. The van der Waals surface area contributed by atoms with Gasteiger partial charge in [-0.05, 0) is 30.0 Å². The first-order valence-electron chi connectivity index (χ1n) is 7.60. The van der Waals surface area contributed by atoms with Gasteiger partial charge in [-0.1, -0.05) is 26.0 Å². The van der Waals surface area contributed by atoms with E-state index < -0.39 is 6.10 Å². The highest BCUT2D eigenvalue weighted by Gasteiger charge is 2.38. The van der Waals surface area contributed by atoms with Crippen molar-refractivity contribution in [1.82, 2.24) is 5.32 Å². The van der Waals surface area contributed by atoms with E-state index >= 15 is 0 Å². The number of methoxy groups -OCH3 is 1. The molecule has 1 aromatic rings. The summed E-state index contributed by atoms with van der Waals surface area (Å²) in [4.78, 5) is 23.9. The van der Waals surface area contributed by atoms with Gasteiger partial charge in [0.1, 0.15) is 5.75 Å². The summed E-state index contributed by atoms with van der Waals surface area (Å²) in [7, 11) is 1.61. The molecule has 0 saturated carbocycles. The largest absolute Gasteiger partial charge is 0.497 e. The number of nitrogens with one attached hydrogen (secondary N) is 1. The lowest BCUT2D eigenvalue weighted by molar-refractivity contribution is -0.150. The van der Waals surface area contributed by atoms with E-state index in [0.717, 1.165) is 17.7 Å². The van der Waals surface area contributed by atoms with Gasteiger partial charge >= 0.3 is 5.97 Å². The summed E-state index contributed by atoms with van der Waals surface area (Å²) in [6.45, 7) is 4.53. The monoisotopic (exact) mass is 305 g/mol. The molecule has 1 aromatic carbocycles. The molecule has 1 amide bonds. The zero-order valence-electron chi connectivity index (χ0n) is 13.3. The summed E-state index contributed by atoms with van der Waals surface area (Å²) in [5.41, 5.74) is 0.970. The predicted octanol–water partition coefficient (Wildman–Crippen LogP) is 2.29. The van der Waals surface area contributed by atoms with E-state index in [1.165, 1.54) is 0 Å². The Kier molecular flexibility index (Phi) is 5.41. The maximum absolute atomic E-state index is 12.1. The lowest BCUT2D eigenvalue weighted by Gasteiger charge is -2.10. The molecule has 0 radical (unpaired) electrons. The molecule has 1 aliphatic heterocycles. The SMILES string of the molecule is COc1ccc(CNC(=O)C2CC(CC(C)C)C(=O)O2)cc1. The third-order valence-corrected chi connectivity index (χ3v) is 3.76. The smallest absolute Gasteiger partial charge is 0.309 e. The van der Waals surface area contributed by atoms with Crippen LogP contribution in [-0.2, 0) is 20.9 Å². The van der Waals surface area contributed by atoms with E-state index in [1.807, 2.05) is 24.3 Å². The van der Waals surface area contributed by atoms with Crippen LogP contribution in [0.5, 0.6) is 5.75 Å². The molecular formula is C17H23NO4. The van der Waals surface area contributed by atoms with Gasteiger partial charge in [0.15, 0.2) is 6.10 Å². The molecular weight excluding hydrogens is 282 g/mol. The van der Waals surface area contributed by atoms with Crippen molar-refractivity contribution in [3.05, 3.63) is 29.8 Å². The molecule has 2 atom stereocenters. The molecule has 0 bridgehead atoms. The highest BCUT2D eigenvalue weighted by Crippen LogP contribution is 2.27. The topological polar surface area (TPSA) is 64.6 Å². The quantitative estimate of drug-likeness (QED) is 0.819. The van der Waals surface area contributed by atoms with Gasteiger partial charge in [-0.25, -0.2) is 0 Å². The number of benzene rings is 1. The van der Waals surface area contributed by atoms with Crippen LogP contribution in [0.3, 0.4) is 0 Å². The Balaban J connectivity index is 1.83. The van der Waals surface area contributed by atoms with E-state index in [-0.39, 0.29) is 17.8 Å². The highest BCUT2D eigenvalue weighted by atomic mass is 16.6. The minimum Gasteiger partial charge on any atom is -0.497 e. The molecule has 0 aliphatic carbocycles. The Morgan fingerprint density at radius 2 is 2.05 bits per heavy atom. The van der Waals surface area contributed by atoms with Crippen molar-refractivity contribution in [2.45, 2.75) is 39.3 Å². The third kappa shape index (κ3) is 4.23. The van der Waals surface area contributed by atoms with Crippen molar-refractivity contribution in [3.8, 4) is 5.75 Å². The highest BCUT2D eigenvalue weighted by molar-refractivity contribution is 5.87. The third-order valence-electron chi connectivity index (χ3n) is 3.76. The molecule has 1 fully saturated rings. The van der Waals surface area contributed by atoms with Gasteiger partial charge < -0.3 is 14.8 Å². The van der Waals surface area contributed by atoms with Gasteiger partial charge in [-0.15, -0.1) is 0 Å². The zero-order chi connectivity index (χ0) is 16.1. The number of amides is 1. The second-order valence-electron chi connectivity index (χ2n) is 6.05. The number of ether oxygens (including phenoxy) is 2. The molecule has 5 heteroatoms. The molecule has 2 unspecified atom stereocenters. The molecule has 5 nitrogen and oxygen atoms in total. The van der Waals surface area contributed by atoms with Crippen LogP contribution in [0.4, 0.5) is 0 Å². The van der Waals surface area contributed by atoms with Gasteiger partial charge in [0.2, 0.25) is 0 Å². The Morgan fingerprint density at radius 1 is 1.36 bits per heavy atom. The van der Waals surface area contributed by atoms with Crippen molar-refractivity contribution < 1.29 is 19.1 Å². The van der Waals surface area contributed by atoms with Crippen molar-refractivity contribution in [1.29, 1.82) is 0 Å². The summed E-state index contributed by atoms with van der Waals surface area (Å²) in [5.74, 6) is 0.556. The predicted molar refractivity (Wildman–Crippen MR) is 82.3 cm³/mol. The molecule has 120 valence electrons. The summed E-state index contributed by atoms with van der Waals surface area (Å²) in [6, 6.07) is 7.47. The van der Waals surface area contributed by atoms with Gasteiger partial charge in [0.05, 0.1) is 13.0 Å². The average Bonchev–Trinajstić information content (AvgIpc) is 2.86. The lowest BCUT2D eigenvalue weighted by Crippen LogP contribution is -2.34. The molecule has 0 spiro atoms. The summed E-state index contributed by atoms with van der Waals surface area (Å²) in [5, 5.41) is 2.82. The summed E-state index contributed by atoms with van der Waals surface area (Å²) in [6.07, 6.45) is 0.585. The standard InChI is InChI=1S/C17H23NO4/c1-11(2)8-13-9-15(22-17(13)20)16(19)18-10-12-4-6-14(21-3)7-5-12/h4-7,11,13,15H,8-10H2,1-3H3,(H,18,19). The molecule has 1 saturated heterocycles. The molecule has 2 rings (SSSR count). The lowest BCUT2D eigenvalue weighted by atomic mass is 9.94. The second-order valence-corrected chi connectivity index (χ2v) is 6.05. The fourth-order valence-corrected chi connectivity index (χ4v) is 2.61. The number of esters is 1. The molecule has 1 aliphatic rings. The fraction of sp³-hybridized carbons (Fsp3) is 0.529. The number of carbonyl (C=O) groups excluding carboxylic acids is 2. The van der Waals surface area contributed by atoms with Crippen molar-refractivity contribution in [3.63, 3.8) is 0 Å². The van der Waals surface area contributed by atoms with Gasteiger partial charge in [0.25, 0.3) is 5.91 Å². The van der Waals surface area contributed by atoms with Gasteiger partial charge in [0, 0.05) is 13.0 Å². The zero-order valence-corrected chi connectivity index (χ0v) is 13.3. The van der Waals surface area contributed by atoms with E-state index in [1.54, 1.807) is 7.11 Å². The van der Waals surface area contributed by atoms with Crippen LogP contribution >= 0.6 is 0 Å². The molecule has 0 aromatic heterocycles. The van der Waals surface area contributed by atoms with E-state index in [9.17, 15) is 9.59 Å². The van der Waals surface area contributed by atoms with E-state index in [4.69, 9.17) is 9.47 Å². The van der Waals surface area contributed by atoms with Crippen molar-refractivity contribution in [2.75, 3.05) is 7.11 Å². The maximum atomic E-state index is 12.1.